The van der Waals surface area contributed by atoms with E-state index in [9.17, 15) is 13.6 Å². The summed E-state index contributed by atoms with van der Waals surface area (Å²) < 4.78 is 28.2. The highest BCUT2D eigenvalue weighted by Gasteiger charge is 2.24. The van der Waals surface area contributed by atoms with E-state index in [1.54, 1.807) is 18.2 Å². The van der Waals surface area contributed by atoms with E-state index in [1.165, 1.54) is 18.2 Å². The summed E-state index contributed by atoms with van der Waals surface area (Å²) in [6.07, 6.45) is 0. The minimum atomic E-state index is -0.470. The van der Waals surface area contributed by atoms with Crippen LogP contribution in [0.3, 0.4) is 0 Å². The molecule has 25 heavy (non-hydrogen) atoms. The lowest BCUT2D eigenvalue weighted by atomic mass is 10.2. The second-order valence-corrected chi connectivity index (χ2v) is 6.95. The number of nitrogens with zero attached hydrogens (tertiary/aromatic N) is 1. The highest BCUT2D eigenvalue weighted by molar-refractivity contribution is 9.10. The van der Waals surface area contributed by atoms with E-state index < -0.39 is 5.82 Å². The van der Waals surface area contributed by atoms with Crippen molar-refractivity contribution in [1.29, 1.82) is 0 Å². The van der Waals surface area contributed by atoms with Gasteiger partial charge in [-0.05, 0) is 30.3 Å². The number of rotatable bonds is 4. The fraction of sp³-hybridized carbons (Fsp3) is 0.278. The molecule has 0 spiro atoms. The molecule has 2 N–H and O–H groups in total. The number of piperazine rings is 1. The van der Waals surface area contributed by atoms with Gasteiger partial charge >= 0.3 is 0 Å². The van der Waals surface area contributed by atoms with E-state index in [1.807, 2.05) is 11.0 Å². The van der Waals surface area contributed by atoms with Crippen LogP contribution in [0.2, 0.25) is 0 Å². The van der Waals surface area contributed by atoms with Crippen molar-refractivity contribution in [3.63, 3.8) is 0 Å². The lowest BCUT2D eigenvalue weighted by Crippen LogP contribution is -3.15. The van der Waals surface area contributed by atoms with E-state index in [0.717, 1.165) is 18.0 Å². The van der Waals surface area contributed by atoms with Crippen LogP contribution < -0.4 is 15.1 Å². The summed E-state index contributed by atoms with van der Waals surface area (Å²) in [5, 5.41) is 2.61. The van der Waals surface area contributed by atoms with Gasteiger partial charge in [0.15, 0.2) is 6.54 Å². The number of amides is 1. The fourth-order valence-corrected chi connectivity index (χ4v) is 3.29. The zero-order valence-electron chi connectivity index (χ0n) is 13.6. The van der Waals surface area contributed by atoms with E-state index in [2.05, 4.69) is 21.2 Å². The first kappa shape index (κ1) is 17.8. The molecule has 2 aromatic carbocycles. The van der Waals surface area contributed by atoms with Crippen molar-refractivity contribution in [2.45, 2.75) is 0 Å². The number of nitrogens with one attached hydrogen (secondary N) is 2. The molecule has 4 nitrogen and oxygen atoms in total. The Morgan fingerprint density at radius 1 is 1.12 bits per heavy atom. The van der Waals surface area contributed by atoms with Gasteiger partial charge in [-0.3, -0.25) is 4.79 Å². The van der Waals surface area contributed by atoms with Crippen LogP contribution in [0.5, 0.6) is 0 Å². The molecule has 0 atom stereocenters. The molecular weight excluding hydrogens is 392 g/mol. The molecule has 0 unspecified atom stereocenters. The number of hydrogen-bond acceptors (Lipinski definition) is 2. The third-order valence-corrected chi connectivity index (χ3v) is 4.77. The topological polar surface area (TPSA) is 36.8 Å². The molecule has 132 valence electrons. The Balaban J connectivity index is 1.52. The molecule has 1 saturated heterocycles. The smallest absolute Gasteiger partial charge is 0.279 e. The van der Waals surface area contributed by atoms with Crippen LogP contribution in [0, 0.1) is 11.6 Å². The van der Waals surface area contributed by atoms with Crippen molar-refractivity contribution < 1.29 is 18.5 Å². The van der Waals surface area contributed by atoms with Crippen LogP contribution in [-0.4, -0.2) is 38.6 Å². The summed E-state index contributed by atoms with van der Waals surface area (Å²) in [5.41, 5.74) is 0.778. The van der Waals surface area contributed by atoms with Crippen LogP contribution >= 0.6 is 15.9 Å². The lowest BCUT2D eigenvalue weighted by Gasteiger charge is -2.33. The molecule has 1 aliphatic rings. The van der Waals surface area contributed by atoms with Crippen molar-refractivity contribution in [1.82, 2.24) is 0 Å². The van der Waals surface area contributed by atoms with Crippen LogP contribution in [0.15, 0.2) is 46.9 Å². The molecule has 0 saturated carbocycles. The number of benzene rings is 2. The maximum absolute atomic E-state index is 13.8. The average molecular weight is 411 g/mol. The summed E-state index contributed by atoms with van der Waals surface area (Å²) in [7, 11) is 0. The molecule has 1 fully saturated rings. The van der Waals surface area contributed by atoms with Crippen LogP contribution in [0.25, 0.3) is 0 Å². The van der Waals surface area contributed by atoms with Gasteiger partial charge < -0.3 is 15.1 Å². The molecule has 1 aliphatic heterocycles. The summed E-state index contributed by atoms with van der Waals surface area (Å²) in [5.74, 6) is -0.924. The van der Waals surface area contributed by atoms with Gasteiger partial charge in [0.2, 0.25) is 0 Å². The molecule has 0 aliphatic carbocycles. The third-order valence-electron chi connectivity index (χ3n) is 4.28. The number of halogens is 3. The zero-order valence-corrected chi connectivity index (χ0v) is 15.2. The first-order valence-corrected chi connectivity index (χ1v) is 8.90. The number of para-hydroxylation sites is 1. The number of carbonyl (C=O) groups is 1. The standard InChI is InChI=1S/C18H18BrF2N3O/c19-13-5-6-16(15(21)11-13)22-18(25)12-23-7-9-24(10-8-23)17-4-2-1-3-14(17)20/h1-6,11H,7-10,12H2,(H,22,25)/p+1. The van der Waals surface area contributed by atoms with Crippen molar-refractivity contribution >= 4 is 33.2 Å². The van der Waals surface area contributed by atoms with Gasteiger partial charge in [-0.25, -0.2) is 8.78 Å². The van der Waals surface area contributed by atoms with E-state index in [0.29, 0.717) is 23.2 Å². The molecular formula is C18H19BrF2N3O+. The maximum Gasteiger partial charge on any atom is 0.279 e. The van der Waals surface area contributed by atoms with E-state index in [4.69, 9.17) is 0 Å². The normalized spacial score (nSPS) is 15.2. The Hall–Kier alpha value is -1.99. The predicted molar refractivity (Wildman–Crippen MR) is 96.9 cm³/mol. The molecule has 0 radical (unpaired) electrons. The monoisotopic (exact) mass is 410 g/mol. The molecule has 0 aromatic heterocycles. The van der Waals surface area contributed by atoms with Gasteiger partial charge in [-0.2, -0.15) is 0 Å². The second-order valence-electron chi connectivity index (χ2n) is 6.04. The quantitative estimate of drug-likeness (QED) is 0.809. The Morgan fingerprint density at radius 3 is 2.52 bits per heavy atom. The highest BCUT2D eigenvalue weighted by atomic mass is 79.9. The van der Waals surface area contributed by atoms with Crippen molar-refractivity contribution in [3.8, 4) is 0 Å². The maximum atomic E-state index is 13.8. The Kier molecular flexibility index (Phi) is 5.65. The molecule has 3 rings (SSSR count). The minimum Gasteiger partial charge on any atom is -0.358 e. The molecule has 1 heterocycles. The molecule has 1 amide bonds. The van der Waals surface area contributed by atoms with Crippen molar-refractivity contribution in [2.24, 2.45) is 0 Å². The number of carbonyl (C=O) groups excluding carboxylic acids is 1. The predicted octanol–water partition coefficient (Wildman–Crippen LogP) is 2.07. The minimum absolute atomic E-state index is 0.178. The van der Waals surface area contributed by atoms with Crippen LogP contribution in [0.1, 0.15) is 0 Å². The number of anilines is 2. The zero-order chi connectivity index (χ0) is 17.8. The van der Waals surface area contributed by atoms with Crippen LogP contribution in [0.4, 0.5) is 20.2 Å². The highest BCUT2D eigenvalue weighted by Crippen LogP contribution is 2.19. The lowest BCUT2D eigenvalue weighted by molar-refractivity contribution is -0.892. The molecule has 7 heteroatoms. The fourth-order valence-electron chi connectivity index (χ4n) is 2.96. The summed E-state index contributed by atoms with van der Waals surface area (Å²) in [6, 6.07) is 11.2. The van der Waals surface area contributed by atoms with Gasteiger partial charge in [0, 0.05) is 4.47 Å². The average Bonchev–Trinajstić information content (AvgIpc) is 2.59. The van der Waals surface area contributed by atoms with Gasteiger partial charge in [0.25, 0.3) is 5.91 Å². The van der Waals surface area contributed by atoms with Gasteiger partial charge in [0.1, 0.15) is 11.6 Å². The Labute approximate surface area is 153 Å². The van der Waals surface area contributed by atoms with E-state index >= 15 is 0 Å². The second kappa shape index (κ2) is 7.93. The number of quaternary nitrogens is 1. The largest absolute Gasteiger partial charge is 0.358 e. The van der Waals surface area contributed by atoms with Gasteiger partial charge in [-0.1, -0.05) is 28.1 Å². The number of hydrogen-bond donors (Lipinski definition) is 2. The first-order valence-electron chi connectivity index (χ1n) is 8.11. The third kappa shape index (κ3) is 4.55. The summed E-state index contributed by atoms with van der Waals surface area (Å²) >= 11 is 3.18. The summed E-state index contributed by atoms with van der Waals surface area (Å²) in [6.45, 7) is 3.07. The van der Waals surface area contributed by atoms with Gasteiger partial charge in [-0.15, -0.1) is 0 Å². The summed E-state index contributed by atoms with van der Waals surface area (Å²) in [4.78, 5) is 15.2. The SMILES string of the molecule is O=C(C[NH+]1CCN(c2ccccc2F)CC1)Nc1ccc(Br)cc1F. The Morgan fingerprint density at radius 2 is 1.84 bits per heavy atom. The van der Waals surface area contributed by atoms with Crippen molar-refractivity contribution in [3.05, 3.63) is 58.6 Å². The van der Waals surface area contributed by atoms with E-state index in [-0.39, 0.29) is 24.0 Å². The first-order chi connectivity index (χ1) is 12.0. The molecule has 2 aromatic rings. The van der Waals surface area contributed by atoms with Crippen molar-refractivity contribution in [2.75, 3.05) is 42.9 Å². The Bertz CT molecular complexity index is 764. The van der Waals surface area contributed by atoms with Gasteiger partial charge in [0.05, 0.1) is 37.6 Å². The van der Waals surface area contributed by atoms with Crippen LogP contribution in [-0.2, 0) is 4.79 Å². The molecule has 0 bridgehead atoms.